The first-order valence-corrected chi connectivity index (χ1v) is 7.53. The van der Waals surface area contributed by atoms with Gasteiger partial charge in [-0.05, 0) is 37.7 Å². The van der Waals surface area contributed by atoms with Gasteiger partial charge in [-0.1, -0.05) is 19.9 Å². The van der Waals surface area contributed by atoms with Crippen molar-refractivity contribution < 1.29 is 0 Å². The fourth-order valence-electron chi connectivity index (χ4n) is 2.17. The Kier molecular flexibility index (Phi) is 5.55. The van der Waals surface area contributed by atoms with Gasteiger partial charge >= 0.3 is 0 Å². The zero-order chi connectivity index (χ0) is 13.7. The lowest BCUT2D eigenvalue weighted by Crippen LogP contribution is -2.30. The van der Waals surface area contributed by atoms with Gasteiger partial charge in [0.15, 0.2) is 0 Å². The lowest BCUT2D eigenvalue weighted by Gasteiger charge is -2.29. The first-order chi connectivity index (χ1) is 8.51. The maximum atomic E-state index is 9.35. The van der Waals surface area contributed by atoms with Crippen molar-refractivity contribution in [1.29, 1.82) is 5.26 Å². The van der Waals surface area contributed by atoms with Crippen molar-refractivity contribution in [3.8, 4) is 6.07 Å². The van der Waals surface area contributed by atoms with Crippen molar-refractivity contribution in [2.75, 3.05) is 18.2 Å². The number of benzene rings is 1. The zero-order valence-corrected chi connectivity index (χ0v) is 12.7. The van der Waals surface area contributed by atoms with Crippen molar-refractivity contribution in [3.05, 3.63) is 23.8 Å². The lowest BCUT2D eigenvalue weighted by molar-refractivity contribution is 0.504. The normalized spacial score (nSPS) is 12.3. The molecule has 0 aliphatic heterocycles. The van der Waals surface area contributed by atoms with Crippen LogP contribution in [0.3, 0.4) is 0 Å². The third-order valence-corrected chi connectivity index (χ3v) is 3.97. The number of thioether (sulfide) groups is 1. The summed E-state index contributed by atoms with van der Waals surface area (Å²) in [6, 6.07) is 8.85. The topological polar surface area (TPSA) is 27.0 Å². The molecule has 1 unspecified atom stereocenters. The molecule has 18 heavy (non-hydrogen) atoms. The van der Waals surface area contributed by atoms with Crippen LogP contribution < -0.4 is 4.90 Å². The number of hydrogen-bond donors (Lipinski definition) is 0. The quantitative estimate of drug-likeness (QED) is 0.746. The molecule has 98 valence electrons. The van der Waals surface area contributed by atoms with E-state index in [1.165, 1.54) is 0 Å². The van der Waals surface area contributed by atoms with Gasteiger partial charge in [0.1, 0.15) is 6.07 Å². The van der Waals surface area contributed by atoms with Crippen LogP contribution in [0.15, 0.2) is 23.1 Å². The predicted molar refractivity (Wildman–Crippen MR) is 80.3 cm³/mol. The molecular formula is C15H22N2S. The molecule has 0 N–H and O–H groups in total. The number of nitriles is 1. The Bertz CT molecular complexity index is 435. The van der Waals surface area contributed by atoms with Gasteiger partial charge in [0, 0.05) is 18.0 Å². The molecule has 0 heterocycles. The Hall–Kier alpha value is -1.14. The summed E-state index contributed by atoms with van der Waals surface area (Å²) in [5.74, 6) is 0.664. The van der Waals surface area contributed by atoms with Crippen molar-refractivity contribution >= 4 is 17.4 Å². The highest BCUT2D eigenvalue weighted by Gasteiger charge is 2.16. The van der Waals surface area contributed by atoms with Gasteiger partial charge < -0.3 is 4.90 Å². The van der Waals surface area contributed by atoms with Gasteiger partial charge in [-0.25, -0.2) is 0 Å². The maximum Gasteiger partial charge on any atom is 0.103 e. The lowest BCUT2D eigenvalue weighted by atomic mass is 10.0. The summed E-state index contributed by atoms with van der Waals surface area (Å²) in [6.07, 6.45) is 3.14. The molecule has 1 aromatic carbocycles. The molecule has 0 saturated heterocycles. The average Bonchev–Trinajstić information content (AvgIpc) is 2.35. The second-order valence-corrected chi connectivity index (χ2v) is 5.90. The van der Waals surface area contributed by atoms with Gasteiger partial charge in [-0.2, -0.15) is 5.26 Å². The van der Waals surface area contributed by atoms with E-state index in [0.29, 0.717) is 12.0 Å². The predicted octanol–water partition coefficient (Wildman–Crippen LogP) is 4.15. The van der Waals surface area contributed by atoms with E-state index in [9.17, 15) is 5.26 Å². The maximum absolute atomic E-state index is 9.35. The molecule has 1 atom stereocenters. The van der Waals surface area contributed by atoms with Crippen LogP contribution in [-0.2, 0) is 0 Å². The van der Waals surface area contributed by atoms with Gasteiger partial charge in [0.2, 0.25) is 0 Å². The van der Waals surface area contributed by atoms with Crippen molar-refractivity contribution in [3.63, 3.8) is 0 Å². The van der Waals surface area contributed by atoms with Crippen LogP contribution >= 0.6 is 11.8 Å². The smallest absolute Gasteiger partial charge is 0.103 e. The number of hydrogen-bond acceptors (Lipinski definition) is 3. The van der Waals surface area contributed by atoms with Crippen LogP contribution in [0, 0.1) is 17.2 Å². The van der Waals surface area contributed by atoms with Gasteiger partial charge in [-0.3, -0.25) is 0 Å². The van der Waals surface area contributed by atoms with Crippen molar-refractivity contribution in [1.82, 2.24) is 0 Å². The molecule has 1 aromatic rings. The first-order valence-electron chi connectivity index (χ1n) is 6.31. The van der Waals surface area contributed by atoms with Crippen molar-refractivity contribution in [2.24, 2.45) is 5.92 Å². The van der Waals surface area contributed by atoms with Crippen LogP contribution in [0.4, 0.5) is 5.69 Å². The fraction of sp³-hybridized carbons (Fsp3) is 0.533. The minimum atomic E-state index is 0.439. The van der Waals surface area contributed by atoms with E-state index in [-0.39, 0.29) is 0 Å². The molecule has 3 heteroatoms. The summed E-state index contributed by atoms with van der Waals surface area (Å²) in [5.41, 5.74) is 1.83. The second kappa shape index (κ2) is 6.70. The van der Waals surface area contributed by atoms with Crippen LogP contribution in [0.5, 0.6) is 0 Å². The molecule has 0 bridgehead atoms. The first kappa shape index (κ1) is 14.9. The van der Waals surface area contributed by atoms with E-state index in [0.717, 1.165) is 22.6 Å². The molecule has 0 saturated carbocycles. The minimum Gasteiger partial charge on any atom is -0.371 e. The van der Waals surface area contributed by atoms with E-state index >= 15 is 0 Å². The SMILES string of the molecule is CSc1cccc(N(C)C(C)CC(C)C)c1C#N. The monoisotopic (exact) mass is 262 g/mol. The highest BCUT2D eigenvalue weighted by molar-refractivity contribution is 7.98. The molecular weight excluding hydrogens is 240 g/mol. The van der Waals surface area contributed by atoms with Gasteiger partial charge in [0.25, 0.3) is 0 Å². The van der Waals surface area contributed by atoms with Crippen LogP contribution in [0.1, 0.15) is 32.8 Å². The minimum absolute atomic E-state index is 0.439. The number of rotatable bonds is 5. The average molecular weight is 262 g/mol. The second-order valence-electron chi connectivity index (χ2n) is 5.06. The third-order valence-electron chi connectivity index (χ3n) is 3.19. The van der Waals surface area contributed by atoms with Crippen LogP contribution in [0.25, 0.3) is 0 Å². The summed E-state index contributed by atoms with van der Waals surface area (Å²) in [4.78, 5) is 3.27. The van der Waals surface area contributed by atoms with Crippen LogP contribution in [0.2, 0.25) is 0 Å². The Morgan fingerprint density at radius 2 is 2.00 bits per heavy atom. The standard InChI is InChI=1S/C15H22N2S/c1-11(2)9-12(3)17(4)14-7-6-8-15(18-5)13(14)10-16/h6-8,11-12H,9H2,1-5H3. The summed E-state index contributed by atoms with van der Waals surface area (Å²) in [6.45, 7) is 6.68. The summed E-state index contributed by atoms with van der Waals surface area (Å²) in [7, 11) is 2.08. The number of nitrogens with zero attached hydrogens (tertiary/aromatic N) is 2. The molecule has 0 aliphatic rings. The Balaban J connectivity index is 3.06. The summed E-state index contributed by atoms with van der Waals surface area (Å²) >= 11 is 1.63. The molecule has 0 amide bonds. The largest absolute Gasteiger partial charge is 0.371 e. The molecule has 2 nitrogen and oxygen atoms in total. The molecule has 0 fully saturated rings. The van der Waals surface area contributed by atoms with Gasteiger partial charge in [0.05, 0.1) is 11.3 Å². The fourth-order valence-corrected chi connectivity index (χ4v) is 2.74. The van der Waals surface area contributed by atoms with E-state index in [1.54, 1.807) is 11.8 Å². The van der Waals surface area contributed by atoms with Crippen molar-refractivity contribution in [2.45, 2.75) is 38.1 Å². The zero-order valence-electron chi connectivity index (χ0n) is 11.9. The summed E-state index contributed by atoms with van der Waals surface area (Å²) in [5, 5.41) is 9.35. The molecule has 0 aromatic heterocycles. The van der Waals surface area contributed by atoms with E-state index in [2.05, 4.69) is 38.8 Å². The molecule has 0 aliphatic carbocycles. The molecule has 1 rings (SSSR count). The summed E-state index contributed by atoms with van der Waals surface area (Å²) < 4.78 is 0. The van der Waals surface area contributed by atoms with Gasteiger partial charge in [-0.15, -0.1) is 11.8 Å². The Morgan fingerprint density at radius 1 is 1.33 bits per heavy atom. The third kappa shape index (κ3) is 3.43. The van der Waals surface area contributed by atoms with E-state index in [4.69, 9.17) is 0 Å². The highest BCUT2D eigenvalue weighted by Crippen LogP contribution is 2.30. The van der Waals surface area contributed by atoms with Crippen LogP contribution in [-0.4, -0.2) is 19.3 Å². The highest BCUT2D eigenvalue weighted by atomic mass is 32.2. The molecule has 0 radical (unpaired) electrons. The molecule has 0 spiro atoms. The Labute approximate surface area is 115 Å². The Morgan fingerprint density at radius 3 is 2.50 bits per heavy atom. The number of anilines is 1. The van der Waals surface area contributed by atoms with E-state index < -0.39 is 0 Å². The van der Waals surface area contributed by atoms with E-state index in [1.807, 2.05) is 24.5 Å².